The molecule has 1 N–H and O–H groups in total. The second-order valence-electron chi connectivity index (χ2n) is 4.40. The van der Waals surface area contributed by atoms with Crippen LogP contribution in [0.1, 0.15) is 10.4 Å². The number of allylic oxidation sites excluding steroid dienone is 2. The van der Waals surface area contributed by atoms with E-state index in [4.69, 9.17) is 0 Å². The van der Waals surface area contributed by atoms with Crippen molar-refractivity contribution in [2.75, 3.05) is 0 Å². The summed E-state index contributed by atoms with van der Waals surface area (Å²) < 4.78 is 0. The van der Waals surface area contributed by atoms with Crippen LogP contribution in [0.3, 0.4) is 0 Å². The first-order valence-corrected chi connectivity index (χ1v) is 6.66. The van der Waals surface area contributed by atoms with Crippen LogP contribution >= 0.6 is 0 Å². The average molecular weight is 332 g/mol. The number of hydrogen-bond donors (Lipinski definition) is 1. The minimum absolute atomic E-state index is 0. The first-order valence-electron chi connectivity index (χ1n) is 6.66. The predicted molar refractivity (Wildman–Crippen MR) is 83.5 cm³/mol. The Hall–Kier alpha value is -1.05. The SMILES string of the molecule is O=C(/C=C/[C]1[CH][CH][CH][CH]1)c1ccccc1O.[CH]1[CH][CH][CH][CH]1.[Fe+2]. The van der Waals surface area contributed by atoms with Crippen LogP contribution < -0.4 is 0 Å². The van der Waals surface area contributed by atoms with Gasteiger partial charge in [0.05, 0.1) is 5.56 Å². The van der Waals surface area contributed by atoms with Gasteiger partial charge in [0, 0.05) is 5.92 Å². The van der Waals surface area contributed by atoms with Gasteiger partial charge in [-0.25, -0.2) is 0 Å². The van der Waals surface area contributed by atoms with Crippen molar-refractivity contribution in [1.82, 2.24) is 0 Å². The molecular weight excluding hydrogens is 316 g/mol. The maximum Gasteiger partial charge on any atom is 2.00 e. The Labute approximate surface area is 144 Å². The number of carbonyl (C=O) groups excluding carboxylic acids is 1. The van der Waals surface area contributed by atoms with E-state index in [9.17, 15) is 9.90 Å². The van der Waals surface area contributed by atoms with Crippen molar-refractivity contribution in [1.29, 1.82) is 0 Å². The van der Waals surface area contributed by atoms with E-state index in [1.807, 2.05) is 57.8 Å². The minimum Gasteiger partial charge on any atom is -0.507 e. The Morgan fingerprint density at radius 3 is 1.95 bits per heavy atom. The number of benzene rings is 1. The first-order chi connectivity index (χ1) is 10.3. The number of phenols is 1. The normalized spacial score (nSPS) is 17.8. The van der Waals surface area contributed by atoms with E-state index in [0.29, 0.717) is 5.56 Å². The van der Waals surface area contributed by atoms with Crippen LogP contribution in [-0.4, -0.2) is 10.9 Å². The zero-order valence-electron chi connectivity index (χ0n) is 11.9. The van der Waals surface area contributed by atoms with Crippen molar-refractivity contribution in [2.45, 2.75) is 0 Å². The Kier molecular flexibility index (Phi) is 9.19. The van der Waals surface area contributed by atoms with E-state index < -0.39 is 0 Å². The van der Waals surface area contributed by atoms with Gasteiger partial charge < -0.3 is 5.11 Å². The minimum atomic E-state index is -0.195. The molecule has 3 heteroatoms. The van der Waals surface area contributed by atoms with Gasteiger partial charge in [0.15, 0.2) is 5.78 Å². The third kappa shape index (κ3) is 6.37. The van der Waals surface area contributed by atoms with Crippen molar-refractivity contribution in [3.8, 4) is 5.75 Å². The van der Waals surface area contributed by atoms with Gasteiger partial charge in [0.1, 0.15) is 5.75 Å². The van der Waals surface area contributed by atoms with Gasteiger partial charge in [-0.1, -0.05) is 18.2 Å². The van der Waals surface area contributed by atoms with Gasteiger partial charge in [-0.05, 0) is 76.0 Å². The van der Waals surface area contributed by atoms with Crippen LogP contribution in [0, 0.1) is 63.7 Å². The summed E-state index contributed by atoms with van der Waals surface area (Å²) in [5.74, 6) is 0.794. The number of ketones is 1. The molecule has 2 aliphatic rings. The zero-order valence-corrected chi connectivity index (χ0v) is 13.0. The third-order valence-corrected chi connectivity index (χ3v) is 2.84. The Morgan fingerprint density at radius 2 is 1.41 bits per heavy atom. The van der Waals surface area contributed by atoms with Gasteiger partial charge >= 0.3 is 17.1 Å². The number of rotatable bonds is 3. The molecule has 2 nitrogen and oxygen atoms in total. The summed E-state index contributed by atoms with van der Waals surface area (Å²) in [4.78, 5) is 11.7. The molecule has 1 aromatic carbocycles. The Morgan fingerprint density at radius 1 is 0.864 bits per heavy atom. The predicted octanol–water partition coefficient (Wildman–Crippen LogP) is 3.56. The summed E-state index contributed by atoms with van der Waals surface area (Å²) in [6, 6.07) is 6.52. The number of hydrogen-bond acceptors (Lipinski definition) is 2. The van der Waals surface area contributed by atoms with Crippen LogP contribution in [0.2, 0.25) is 0 Å². The molecule has 0 spiro atoms. The van der Waals surface area contributed by atoms with Crippen LogP contribution in [0.5, 0.6) is 5.75 Å². The molecule has 10 radical (unpaired) electrons. The summed E-state index contributed by atoms with van der Waals surface area (Å²) in [5.41, 5.74) is 0.324. The summed E-state index contributed by atoms with van der Waals surface area (Å²) in [7, 11) is 0. The van der Waals surface area contributed by atoms with Crippen molar-refractivity contribution in [3.05, 3.63) is 106 Å². The van der Waals surface area contributed by atoms with Gasteiger partial charge in [-0.3, -0.25) is 4.79 Å². The molecule has 2 saturated carbocycles. The van der Waals surface area contributed by atoms with Crippen LogP contribution in [0.25, 0.3) is 0 Å². The standard InChI is InChI=1S/C14H11O2.C5H5.Fe/c15-13-8-4-3-7-12(13)14(16)10-9-11-5-1-2-6-11;1-2-4-5-3-1;/h1-10,15H;1-5H;/q;;+2/b10-9+;;. The molecule has 0 unspecified atom stereocenters. The Bertz CT molecular complexity index is 464. The van der Waals surface area contributed by atoms with Gasteiger partial charge in [-0.2, -0.15) is 0 Å². The number of phenolic OH excluding ortho intramolecular Hbond substituents is 1. The van der Waals surface area contributed by atoms with E-state index in [1.165, 1.54) is 12.1 Å². The molecule has 0 atom stereocenters. The van der Waals surface area contributed by atoms with Crippen LogP contribution in [-0.2, 0) is 17.1 Å². The topological polar surface area (TPSA) is 37.3 Å². The Balaban J connectivity index is 0.000000344. The molecule has 1 aromatic rings. The van der Waals surface area contributed by atoms with Crippen molar-refractivity contribution in [3.63, 3.8) is 0 Å². The number of carbonyl (C=O) groups is 1. The fourth-order valence-corrected chi connectivity index (χ4v) is 1.76. The number of para-hydroxylation sites is 1. The molecular formula is C19H16FeO2+2. The van der Waals surface area contributed by atoms with E-state index in [2.05, 4.69) is 0 Å². The molecule has 2 aliphatic carbocycles. The molecule has 0 heterocycles. The van der Waals surface area contributed by atoms with Crippen molar-refractivity contribution in [2.24, 2.45) is 0 Å². The first kappa shape index (κ1) is 19.0. The van der Waals surface area contributed by atoms with Crippen LogP contribution in [0.4, 0.5) is 0 Å². The fourth-order valence-electron chi connectivity index (χ4n) is 1.76. The molecule has 0 aromatic heterocycles. The second kappa shape index (κ2) is 10.6. The molecule has 3 rings (SSSR count). The molecule has 22 heavy (non-hydrogen) atoms. The summed E-state index contributed by atoms with van der Waals surface area (Å²) in [6.07, 6.45) is 20.8. The molecule has 110 valence electrons. The maximum absolute atomic E-state index is 11.7. The molecule has 0 amide bonds. The summed E-state index contributed by atoms with van der Waals surface area (Å²) >= 11 is 0. The maximum atomic E-state index is 11.7. The fraction of sp³-hybridized carbons (Fsp3) is 0. The molecule has 2 fully saturated rings. The quantitative estimate of drug-likeness (QED) is 0.522. The van der Waals surface area contributed by atoms with Gasteiger partial charge in [-0.15, -0.1) is 0 Å². The summed E-state index contributed by atoms with van der Waals surface area (Å²) in [6.45, 7) is 0. The largest absolute Gasteiger partial charge is 2.00 e. The van der Waals surface area contributed by atoms with Gasteiger partial charge in [0.25, 0.3) is 0 Å². The van der Waals surface area contributed by atoms with E-state index in [0.717, 1.165) is 5.92 Å². The van der Waals surface area contributed by atoms with E-state index in [1.54, 1.807) is 24.3 Å². The van der Waals surface area contributed by atoms with E-state index in [-0.39, 0.29) is 28.6 Å². The van der Waals surface area contributed by atoms with E-state index >= 15 is 0 Å². The summed E-state index contributed by atoms with van der Waals surface area (Å²) in [5, 5.41) is 9.48. The monoisotopic (exact) mass is 332 g/mol. The van der Waals surface area contributed by atoms with Crippen LogP contribution in [0.15, 0.2) is 36.4 Å². The zero-order chi connectivity index (χ0) is 14.9. The second-order valence-corrected chi connectivity index (χ2v) is 4.40. The smallest absolute Gasteiger partial charge is 0.507 e. The van der Waals surface area contributed by atoms with Gasteiger partial charge in [0.2, 0.25) is 0 Å². The molecule has 0 saturated heterocycles. The molecule has 0 bridgehead atoms. The van der Waals surface area contributed by atoms with Crippen molar-refractivity contribution >= 4 is 5.78 Å². The van der Waals surface area contributed by atoms with Crippen molar-refractivity contribution < 1.29 is 27.0 Å². The average Bonchev–Trinajstić information content (AvgIpc) is 3.21. The molecule has 0 aliphatic heterocycles. The number of aromatic hydroxyl groups is 1. The third-order valence-electron chi connectivity index (χ3n) is 2.84.